The van der Waals surface area contributed by atoms with E-state index in [1.807, 2.05) is 65.6 Å². The van der Waals surface area contributed by atoms with Crippen LogP contribution in [0.1, 0.15) is 50.3 Å². The summed E-state index contributed by atoms with van der Waals surface area (Å²) in [5.74, 6) is -0.807. The van der Waals surface area contributed by atoms with E-state index in [2.05, 4.69) is 10.0 Å². The van der Waals surface area contributed by atoms with Crippen LogP contribution in [0, 0.1) is 5.92 Å². The largest absolute Gasteiger partial charge is 0.466 e. The second kappa shape index (κ2) is 13.6. The van der Waals surface area contributed by atoms with Gasteiger partial charge < -0.3 is 15.0 Å². The van der Waals surface area contributed by atoms with E-state index in [0.29, 0.717) is 43.9 Å². The molecule has 0 radical (unpaired) electrons. The Morgan fingerprint density at radius 1 is 1.02 bits per heavy atom. The summed E-state index contributed by atoms with van der Waals surface area (Å²) in [4.78, 5) is 27.2. The standard InChI is InChI=1S/C31H37N3O5S/c1-3-39-31(36)26-15-10-20-34(22-26)28-18-17-27(32-30(35)19-16-24-11-6-4-7-12-24)21-29(28)40(37,38)33-23(2)25-13-8-5-9-14-25/h4-9,11-14,17-18,21,23,26,33H,3,10,15-16,19-20,22H2,1-2H3,(H,32,35). The number of esters is 1. The number of aryl methyl sites for hydroxylation is 1. The molecule has 2 atom stereocenters. The average molecular weight is 564 g/mol. The number of rotatable bonds is 11. The molecule has 0 spiro atoms. The number of nitrogens with zero attached hydrogens (tertiary/aromatic N) is 1. The number of carbonyl (C=O) groups excluding carboxylic acids is 2. The highest BCUT2D eigenvalue weighted by atomic mass is 32.2. The Morgan fingerprint density at radius 2 is 1.73 bits per heavy atom. The van der Waals surface area contributed by atoms with Gasteiger partial charge in [-0.2, -0.15) is 0 Å². The lowest BCUT2D eigenvalue weighted by molar-refractivity contribution is -0.148. The molecule has 0 bridgehead atoms. The van der Waals surface area contributed by atoms with Crippen LogP contribution in [-0.2, 0) is 30.8 Å². The average Bonchev–Trinajstić information content (AvgIpc) is 2.97. The number of sulfonamides is 1. The molecule has 1 heterocycles. The summed E-state index contributed by atoms with van der Waals surface area (Å²) in [7, 11) is -4.01. The van der Waals surface area contributed by atoms with Crippen molar-refractivity contribution in [3.05, 3.63) is 90.0 Å². The van der Waals surface area contributed by atoms with Crippen molar-refractivity contribution in [3.63, 3.8) is 0 Å². The molecule has 0 saturated carbocycles. The lowest BCUT2D eigenvalue weighted by Gasteiger charge is -2.34. The zero-order valence-corrected chi connectivity index (χ0v) is 23.8. The van der Waals surface area contributed by atoms with E-state index in [-0.39, 0.29) is 29.1 Å². The molecule has 0 aromatic heterocycles. The Hall–Kier alpha value is -3.69. The summed E-state index contributed by atoms with van der Waals surface area (Å²) >= 11 is 0. The molecule has 9 heteroatoms. The second-order valence-electron chi connectivity index (χ2n) is 10.0. The van der Waals surface area contributed by atoms with Crippen molar-refractivity contribution in [2.75, 3.05) is 29.9 Å². The van der Waals surface area contributed by atoms with Crippen LogP contribution >= 0.6 is 0 Å². The van der Waals surface area contributed by atoms with Crippen molar-refractivity contribution < 1.29 is 22.7 Å². The van der Waals surface area contributed by atoms with Crippen LogP contribution in [0.4, 0.5) is 11.4 Å². The smallest absolute Gasteiger partial charge is 0.310 e. The Morgan fingerprint density at radius 3 is 2.42 bits per heavy atom. The van der Waals surface area contributed by atoms with Crippen molar-refractivity contribution in [2.24, 2.45) is 5.92 Å². The highest BCUT2D eigenvalue weighted by Gasteiger charge is 2.31. The summed E-state index contributed by atoms with van der Waals surface area (Å²) in [6.45, 7) is 4.83. The maximum atomic E-state index is 13.8. The van der Waals surface area contributed by atoms with Crippen LogP contribution in [0.25, 0.3) is 0 Å². The van der Waals surface area contributed by atoms with Gasteiger partial charge >= 0.3 is 5.97 Å². The first-order chi connectivity index (χ1) is 19.3. The minimum atomic E-state index is -4.01. The van der Waals surface area contributed by atoms with Crippen molar-refractivity contribution in [1.82, 2.24) is 4.72 Å². The van der Waals surface area contributed by atoms with Gasteiger partial charge in [0, 0.05) is 31.2 Å². The molecule has 1 amide bonds. The van der Waals surface area contributed by atoms with Gasteiger partial charge in [0.15, 0.2) is 0 Å². The minimum Gasteiger partial charge on any atom is -0.466 e. The number of piperidine rings is 1. The maximum absolute atomic E-state index is 13.8. The summed E-state index contributed by atoms with van der Waals surface area (Å²) in [5.41, 5.74) is 2.77. The van der Waals surface area contributed by atoms with E-state index in [9.17, 15) is 18.0 Å². The van der Waals surface area contributed by atoms with Crippen LogP contribution in [0.2, 0.25) is 0 Å². The van der Waals surface area contributed by atoms with Gasteiger partial charge in [0.2, 0.25) is 15.9 Å². The first-order valence-electron chi connectivity index (χ1n) is 13.7. The topological polar surface area (TPSA) is 105 Å². The lowest BCUT2D eigenvalue weighted by Crippen LogP contribution is -2.40. The monoisotopic (exact) mass is 563 g/mol. The van der Waals surface area contributed by atoms with Crippen molar-refractivity contribution in [3.8, 4) is 0 Å². The molecule has 212 valence electrons. The molecule has 0 aliphatic carbocycles. The molecule has 2 N–H and O–H groups in total. The number of carbonyl (C=O) groups is 2. The minimum absolute atomic E-state index is 0.0562. The number of benzene rings is 3. The summed E-state index contributed by atoms with van der Waals surface area (Å²) in [6.07, 6.45) is 2.27. The zero-order valence-electron chi connectivity index (χ0n) is 23.0. The fourth-order valence-corrected chi connectivity index (χ4v) is 6.43. The third-order valence-electron chi connectivity index (χ3n) is 7.03. The highest BCUT2D eigenvalue weighted by Crippen LogP contribution is 2.33. The van der Waals surface area contributed by atoms with E-state index >= 15 is 0 Å². The van der Waals surface area contributed by atoms with Crippen LogP contribution in [0.3, 0.4) is 0 Å². The van der Waals surface area contributed by atoms with Gasteiger partial charge in [0.1, 0.15) is 4.90 Å². The fraction of sp³-hybridized carbons (Fsp3) is 0.355. The van der Waals surface area contributed by atoms with Crippen LogP contribution in [0.5, 0.6) is 0 Å². The molecular formula is C31H37N3O5S. The number of hydrogen-bond donors (Lipinski definition) is 2. The molecule has 1 fully saturated rings. The molecule has 2 unspecified atom stereocenters. The first kappa shape index (κ1) is 29.3. The van der Waals surface area contributed by atoms with Gasteiger partial charge in [-0.1, -0.05) is 60.7 Å². The van der Waals surface area contributed by atoms with Crippen molar-refractivity contribution >= 4 is 33.3 Å². The fourth-order valence-electron chi connectivity index (χ4n) is 4.95. The van der Waals surface area contributed by atoms with Gasteiger partial charge in [0.25, 0.3) is 0 Å². The van der Waals surface area contributed by atoms with Gasteiger partial charge in [-0.05, 0) is 62.4 Å². The van der Waals surface area contributed by atoms with Gasteiger partial charge in [-0.25, -0.2) is 13.1 Å². The van der Waals surface area contributed by atoms with E-state index in [1.165, 1.54) is 6.07 Å². The number of hydrogen-bond acceptors (Lipinski definition) is 6. The molecular weight excluding hydrogens is 526 g/mol. The molecule has 40 heavy (non-hydrogen) atoms. The zero-order chi connectivity index (χ0) is 28.5. The van der Waals surface area contributed by atoms with Gasteiger partial charge in [0.05, 0.1) is 18.2 Å². The molecule has 4 rings (SSSR count). The third-order valence-corrected chi connectivity index (χ3v) is 8.60. The number of amides is 1. The number of nitrogens with one attached hydrogen (secondary N) is 2. The first-order valence-corrected chi connectivity index (χ1v) is 15.2. The van der Waals surface area contributed by atoms with E-state index in [0.717, 1.165) is 17.5 Å². The van der Waals surface area contributed by atoms with E-state index in [4.69, 9.17) is 4.74 Å². The molecule has 3 aromatic carbocycles. The SMILES string of the molecule is CCOC(=O)C1CCCN(c2ccc(NC(=O)CCc3ccccc3)cc2S(=O)(=O)NC(C)c2ccccc2)C1. The Labute approximate surface area is 236 Å². The predicted octanol–water partition coefficient (Wildman–Crippen LogP) is 5.08. The van der Waals surface area contributed by atoms with Crippen molar-refractivity contribution in [2.45, 2.75) is 50.5 Å². The lowest BCUT2D eigenvalue weighted by atomic mass is 9.97. The van der Waals surface area contributed by atoms with Gasteiger partial charge in [-0.3, -0.25) is 9.59 Å². The van der Waals surface area contributed by atoms with Crippen LogP contribution in [0.15, 0.2) is 83.8 Å². The van der Waals surface area contributed by atoms with Crippen LogP contribution < -0.4 is 14.9 Å². The third kappa shape index (κ3) is 7.70. The van der Waals surface area contributed by atoms with Gasteiger partial charge in [-0.15, -0.1) is 0 Å². The molecule has 1 saturated heterocycles. The highest BCUT2D eigenvalue weighted by molar-refractivity contribution is 7.89. The molecule has 1 aliphatic heterocycles. The Bertz CT molecular complexity index is 1400. The Kier molecular flexibility index (Phi) is 9.95. The van der Waals surface area contributed by atoms with Crippen molar-refractivity contribution in [1.29, 1.82) is 0 Å². The summed E-state index contributed by atoms with van der Waals surface area (Å²) in [5, 5.41) is 2.86. The number of anilines is 2. The van der Waals surface area contributed by atoms with E-state index < -0.39 is 16.1 Å². The second-order valence-corrected chi connectivity index (χ2v) is 11.7. The normalized spacial score (nSPS) is 16.2. The number of ether oxygens (including phenoxy) is 1. The molecule has 1 aliphatic rings. The van der Waals surface area contributed by atoms with Crippen LogP contribution in [-0.4, -0.2) is 40.0 Å². The molecule has 8 nitrogen and oxygen atoms in total. The Balaban J connectivity index is 1.60. The summed E-state index contributed by atoms with van der Waals surface area (Å²) in [6, 6.07) is 23.5. The molecule has 3 aromatic rings. The quantitative estimate of drug-likeness (QED) is 0.316. The predicted molar refractivity (Wildman–Crippen MR) is 157 cm³/mol. The summed E-state index contributed by atoms with van der Waals surface area (Å²) < 4.78 is 35.6. The maximum Gasteiger partial charge on any atom is 0.310 e. The van der Waals surface area contributed by atoms with E-state index in [1.54, 1.807) is 26.0 Å².